The minimum absolute atomic E-state index is 0.160. The van der Waals surface area contributed by atoms with Crippen LogP contribution in [0.25, 0.3) is 11.0 Å². The first kappa shape index (κ1) is 19.6. The Bertz CT molecular complexity index is 1200. The van der Waals surface area contributed by atoms with Crippen LogP contribution in [0.5, 0.6) is 0 Å². The maximum Gasteiger partial charge on any atom is 0.255 e. The van der Waals surface area contributed by atoms with E-state index in [2.05, 4.69) is 37.1 Å². The predicted molar refractivity (Wildman–Crippen MR) is 115 cm³/mol. The number of fused-ring (bicyclic) bond motifs is 2. The molecule has 1 aliphatic heterocycles. The second kappa shape index (κ2) is 8.03. The SMILES string of the molecule is Cc1cc(C(=O)NCc2nnc3n2CCN(Cc2cc4ccccc4o2)CC3)c(C)o1. The molecule has 5 rings (SSSR count). The number of rotatable bonds is 5. The summed E-state index contributed by atoms with van der Waals surface area (Å²) in [6, 6.07) is 11.9. The normalized spacial score (nSPS) is 14.5. The van der Waals surface area contributed by atoms with Gasteiger partial charge in [0.1, 0.15) is 28.7 Å². The molecular formula is C23H25N5O3. The molecule has 0 fully saturated rings. The number of hydrogen-bond donors (Lipinski definition) is 1. The van der Waals surface area contributed by atoms with E-state index >= 15 is 0 Å². The molecule has 4 aromatic rings. The zero-order valence-corrected chi connectivity index (χ0v) is 17.7. The Hall–Kier alpha value is -3.39. The molecule has 3 aromatic heterocycles. The van der Waals surface area contributed by atoms with Gasteiger partial charge >= 0.3 is 0 Å². The van der Waals surface area contributed by atoms with Crippen LogP contribution >= 0.6 is 0 Å². The van der Waals surface area contributed by atoms with Crippen LogP contribution in [0.2, 0.25) is 0 Å². The van der Waals surface area contributed by atoms with E-state index < -0.39 is 0 Å². The summed E-state index contributed by atoms with van der Waals surface area (Å²) < 4.78 is 13.6. The number of benzene rings is 1. The second-order valence-electron chi connectivity index (χ2n) is 7.97. The summed E-state index contributed by atoms with van der Waals surface area (Å²) in [6.45, 7) is 7.24. The Morgan fingerprint density at radius 2 is 1.97 bits per heavy atom. The molecule has 0 saturated carbocycles. The first-order chi connectivity index (χ1) is 15.1. The summed E-state index contributed by atoms with van der Waals surface area (Å²) in [7, 11) is 0. The van der Waals surface area contributed by atoms with Crippen molar-refractivity contribution in [2.24, 2.45) is 0 Å². The van der Waals surface area contributed by atoms with Crippen molar-refractivity contribution < 1.29 is 13.6 Å². The number of carbonyl (C=O) groups is 1. The van der Waals surface area contributed by atoms with Crippen molar-refractivity contribution in [2.45, 2.75) is 39.9 Å². The zero-order valence-electron chi connectivity index (χ0n) is 17.7. The van der Waals surface area contributed by atoms with E-state index in [9.17, 15) is 4.79 Å². The number of hydrogen-bond acceptors (Lipinski definition) is 6. The molecule has 1 aliphatic rings. The Morgan fingerprint density at radius 3 is 2.77 bits per heavy atom. The van der Waals surface area contributed by atoms with Crippen LogP contribution < -0.4 is 5.32 Å². The molecule has 1 N–H and O–H groups in total. The molecule has 0 atom stereocenters. The Labute approximate surface area is 179 Å². The quantitative estimate of drug-likeness (QED) is 0.534. The maximum atomic E-state index is 12.5. The maximum absolute atomic E-state index is 12.5. The van der Waals surface area contributed by atoms with Crippen molar-refractivity contribution in [3.05, 3.63) is 70.9 Å². The van der Waals surface area contributed by atoms with Crippen LogP contribution in [0.1, 0.15) is 39.3 Å². The molecule has 160 valence electrons. The molecule has 8 heteroatoms. The topological polar surface area (TPSA) is 89.3 Å². The monoisotopic (exact) mass is 419 g/mol. The summed E-state index contributed by atoms with van der Waals surface area (Å²) in [5.41, 5.74) is 1.48. The van der Waals surface area contributed by atoms with Gasteiger partial charge < -0.3 is 18.7 Å². The fourth-order valence-corrected chi connectivity index (χ4v) is 4.16. The average Bonchev–Trinajstić information content (AvgIpc) is 3.40. The molecular weight excluding hydrogens is 394 g/mol. The number of nitrogens with zero attached hydrogens (tertiary/aromatic N) is 4. The standard InChI is InChI=1S/C23H25N5O3/c1-15-11-19(16(2)30-15)23(29)24-13-22-26-25-21-7-8-27(9-10-28(21)22)14-18-12-17-5-3-4-6-20(17)31-18/h3-6,11-12H,7-10,13-14H2,1-2H3,(H,24,29). The van der Waals surface area contributed by atoms with Gasteiger partial charge in [-0.05, 0) is 32.0 Å². The van der Waals surface area contributed by atoms with Gasteiger partial charge in [0, 0.05) is 31.4 Å². The highest BCUT2D eigenvalue weighted by atomic mass is 16.3. The smallest absolute Gasteiger partial charge is 0.255 e. The molecule has 0 radical (unpaired) electrons. The van der Waals surface area contributed by atoms with E-state index in [0.717, 1.165) is 66.7 Å². The van der Waals surface area contributed by atoms with Crippen molar-refractivity contribution >= 4 is 16.9 Å². The Balaban J connectivity index is 1.22. The summed E-state index contributed by atoms with van der Waals surface area (Å²) in [6.07, 6.45) is 0.807. The summed E-state index contributed by atoms with van der Waals surface area (Å²) in [5, 5.41) is 12.7. The minimum Gasteiger partial charge on any atom is -0.466 e. The van der Waals surface area contributed by atoms with E-state index in [1.165, 1.54) is 0 Å². The van der Waals surface area contributed by atoms with E-state index in [4.69, 9.17) is 8.83 Å². The largest absolute Gasteiger partial charge is 0.466 e. The fourth-order valence-electron chi connectivity index (χ4n) is 4.16. The van der Waals surface area contributed by atoms with Crippen LogP contribution in [0.3, 0.4) is 0 Å². The minimum atomic E-state index is -0.160. The van der Waals surface area contributed by atoms with Crippen molar-refractivity contribution in [2.75, 3.05) is 13.1 Å². The molecule has 0 aliphatic carbocycles. The van der Waals surface area contributed by atoms with Crippen LogP contribution in [-0.4, -0.2) is 38.7 Å². The van der Waals surface area contributed by atoms with Gasteiger partial charge in [0.15, 0.2) is 5.82 Å². The van der Waals surface area contributed by atoms with E-state index in [0.29, 0.717) is 17.9 Å². The lowest BCUT2D eigenvalue weighted by molar-refractivity contribution is 0.0948. The highest BCUT2D eigenvalue weighted by molar-refractivity contribution is 5.95. The van der Waals surface area contributed by atoms with E-state index in [1.807, 2.05) is 25.1 Å². The third-order valence-electron chi connectivity index (χ3n) is 5.74. The van der Waals surface area contributed by atoms with Crippen molar-refractivity contribution in [1.29, 1.82) is 0 Å². The van der Waals surface area contributed by atoms with Crippen molar-refractivity contribution in [3.63, 3.8) is 0 Å². The number of para-hydroxylation sites is 1. The fraction of sp³-hybridized carbons (Fsp3) is 0.348. The van der Waals surface area contributed by atoms with Gasteiger partial charge in [-0.1, -0.05) is 18.2 Å². The van der Waals surface area contributed by atoms with Crippen LogP contribution in [0.4, 0.5) is 0 Å². The third-order valence-corrected chi connectivity index (χ3v) is 5.74. The average molecular weight is 419 g/mol. The van der Waals surface area contributed by atoms with Gasteiger partial charge in [-0.25, -0.2) is 0 Å². The third kappa shape index (κ3) is 3.98. The predicted octanol–water partition coefficient (Wildman–Crippen LogP) is 3.22. The first-order valence-corrected chi connectivity index (χ1v) is 10.5. The first-order valence-electron chi connectivity index (χ1n) is 10.5. The van der Waals surface area contributed by atoms with Crippen molar-refractivity contribution in [1.82, 2.24) is 25.0 Å². The Kier molecular flexibility index (Phi) is 5.07. The molecule has 1 aromatic carbocycles. The number of nitrogens with one attached hydrogen (secondary N) is 1. The highest BCUT2D eigenvalue weighted by Crippen LogP contribution is 2.21. The summed E-state index contributed by atoms with van der Waals surface area (Å²) >= 11 is 0. The number of carbonyl (C=O) groups excluding carboxylic acids is 1. The number of aryl methyl sites for hydroxylation is 2. The lowest BCUT2D eigenvalue weighted by atomic mass is 10.2. The number of aromatic nitrogens is 3. The number of amides is 1. The number of furan rings is 2. The summed E-state index contributed by atoms with van der Waals surface area (Å²) in [4.78, 5) is 14.9. The van der Waals surface area contributed by atoms with E-state index in [1.54, 1.807) is 13.0 Å². The van der Waals surface area contributed by atoms with Gasteiger partial charge in [0.25, 0.3) is 5.91 Å². The van der Waals surface area contributed by atoms with Gasteiger partial charge in [0.2, 0.25) is 0 Å². The summed E-state index contributed by atoms with van der Waals surface area (Å²) in [5.74, 6) is 3.88. The lowest BCUT2D eigenvalue weighted by Crippen LogP contribution is -2.28. The molecule has 8 nitrogen and oxygen atoms in total. The molecule has 0 spiro atoms. The lowest BCUT2D eigenvalue weighted by Gasteiger charge is -2.18. The molecule has 4 heterocycles. The second-order valence-corrected chi connectivity index (χ2v) is 7.97. The van der Waals surface area contributed by atoms with Gasteiger partial charge in [-0.15, -0.1) is 10.2 Å². The van der Waals surface area contributed by atoms with Crippen LogP contribution in [-0.2, 0) is 26.1 Å². The zero-order chi connectivity index (χ0) is 21.4. The van der Waals surface area contributed by atoms with Crippen LogP contribution in [0, 0.1) is 13.8 Å². The van der Waals surface area contributed by atoms with Gasteiger partial charge in [-0.3, -0.25) is 9.69 Å². The molecule has 0 unspecified atom stereocenters. The molecule has 31 heavy (non-hydrogen) atoms. The van der Waals surface area contributed by atoms with Gasteiger partial charge in [-0.2, -0.15) is 0 Å². The van der Waals surface area contributed by atoms with Crippen molar-refractivity contribution in [3.8, 4) is 0 Å². The molecule has 1 amide bonds. The van der Waals surface area contributed by atoms with Gasteiger partial charge in [0.05, 0.1) is 18.7 Å². The highest BCUT2D eigenvalue weighted by Gasteiger charge is 2.21. The molecule has 0 bridgehead atoms. The Morgan fingerprint density at radius 1 is 1.10 bits per heavy atom. The van der Waals surface area contributed by atoms with E-state index in [-0.39, 0.29) is 5.91 Å². The van der Waals surface area contributed by atoms with Crippen LogP contribution in [0.15, 0.2) is 45.2 Å². The molecule has 0 saturated heterocycles.